The molecule has 3 amide bonds. The summed E-state index contributed by atoms with van der Waals surface area (Å²) < 4.78 is 5.26. The van der Waals surface area contributed by atoms with Crippen LogP contribution in [0.4, 0.5) is 22.4 Å². The highest BCUT2D eigenvalue weighted by Crippen LogP contribution is 2.46. The van der Waals surface area contributed by atoms with Crippen LogP contribution in [0.25, 0.3) is 0 Å². The molecule has 0 radical (unpaired) electrons. The van der Waals surface area contributed by atoms with E-state index < -0.39 is 24.1 Å². The molecule has 1 saturated heterocycles. The van der Waals surface area contributed by atoms with Gasteiger partial charge in [0.2, 0.25) is 11.9 Å². The van der Waals surface area contributed by atoms with Crippen LogP contribution in [-0.2, 0) is 20.9 Å². The number of carbonyl (C=O) groups is 3. The molecule has 2 heterocycles. The van der Waals surface area contributed by atoms with Crippen LogP contribution < -0.4 is 16.4 Å². The fourth-order valence-electron chi connectivity index (χ4n) is 5.36. The number of carbonyl (C=O) groups excluding carboxylic acids is 3. The van der Waals surface area contributed by atoms with Gasteiger partial charge in [0.25, 0.3) is 5.91 Å². The number of nitrogens with one attached hydrogen (secondary N) is 2. The first-order valence-corrected chi connectivity index (χ1v) is 11.6. The summed E-state index contributed by atoms with van der Waals surface area (Å²) in [6, 6.07) is 7.01. The summed E-state index contributed by atoms with van der Waals surface area (Å²) in [4.78, 5) is 51.6. The minimum absolute atomic E-state index is 0.0350. The number of hydrogen-bond donors (Lipinski definition) is 3. The molecule has 0 unspecified atom stereocenters. The number of nitrogen functional groups attached to an aromatic ring is 1. The average Bonchev–Trinajstić information content (AvgIpc) is 2.95. The zero-order valence-corrected chi connectivity index (χ0v) is 20.4. The van der Waals surface area contributed by atoms with Gasteiger partial charge in [-0.2, -0.15) is 15.0 Å². The first kappa shape index (κ1) is 24.4. The molecular formula is C24H31N7O4. The van der Waals surface area contributed by atoms with Crippen molar-refractivity contribution < 1.29 is 19.1 Å². The second-order valence-electron chi connectivity index (χ2n) is 10.3. The highest BCUT2D eigenvalue weighted by molar-refractivity contribution is 6.08. The molecular weight excluding hydrogens is 450 g/mol. The van der Waals surface area contributed by atoms with E-state index in [9.17, 15) is 14.4 Å². The number of amides is 3. The summed E-state index contributed by atoms with van der Waals surface area (Å²) in [6.45, 7) is 7.40. The lowest BCUT2D eigenvalue weighted by atomic mass is 9.64. The van der Waals surface area contributed by atoms with Gasteiger partial charge in [-0.25, -0.2) is 4.79 Å². The van der Waals surface area contributed by atoms with E-state index in [2.05, 4.69) is 46.4 Å². The molecule has 1 aromatic heterocycles. The van der Waals surface area contributed by atoms with Gasteiger partial charge in [-0.15, -0.1) is 0 Å². The number of aryl methyl sites for hydroxylation is 1. The third-order valence-electron chi connectivity index (χ3n) is 6.36. The average molecular weight is 482 g/mol. The first-order valence-electron chi connectivity index (χ1n) is 11.6. The van der Waals surface area contributed by atoms with Gasteiger partial charge < -0.3 is 21.1 Å². The zero-order valence-electron chi connectivity index (χ0n) is 20.4. The van der Waals surface area contributed by atoms with Crippen LogP contribution in [-0.4, -0.2) is 49.8 Å². The number of imide groups is 1. The Hall–Kier alpha value is -3.76. The number of benzene rings is 1. The van der Waals surface area contributed by atoms with Gasteiger partial charge in [-0.05, 0) is 49.1 Å². The molecule has 4 N–H and O–H groups in total. The zero-order chi connectivity index (χ0) is 25.4. The van der Waals surface area contributed by atoms with Crippen LogP contribution in [0, 0.1) is 18.3 Å². The smallest absolute Gasteiger partial charge is 0.326 e. The Balaban J connectivity index is 1.39. The molecule has 11 nitrogen and oxygen atoms in total. The van der Waals surface area contributed by atoms with Gasteiger partial charge in [0.15, 0.2) is 12.4 Å². The van der Waals surface area contributed by atoms with Crippen LogP contribution in [0.1, 0.15) is 51.4 Å². The second-order valence-corrected chi connectivity index (χ2v) is 10.3. The van der Waals surface area contributed by atoms with Crippen molar-refractivity contribution in [2.75, 3.05) is 17.6 Å². The highest BCUT2D eigenvalue weighted by Gasteiger charge is 2.56. The summed E-state index contributed by atoms with van der Waals surface area (Å²) in [7, 11) is 0. The van der Waals surface area contributed by atoms with Crippen LogP contribution in [0.15, 0.2) is 24.3 Å². The maximum atomic E-state index is 13.2. The fourth-order valence-corrected chi connectivity index (χ4v) is 5.36. The predicted octanol–water partition coefficient (Wildman–Crippen LogP) is 2.69. The minimum atomic E-state index is -0.975. The lowest BCUT2D eigenvalue weighted by Gasteiger charge is -2.43. The van der Waals surface area contributed by atoms with E-state index in [0.717, 1.165) is 22.6 Å². The standard InChI is InChI=1S/C24H31N7O4/c1-14-9-23(3,4)13-24(10-14)19(33)31(22(34)30-24)11-18(32)35-12-17-27-20(25)29-21(28-17)26-16-8-6-5-7-15(16)2/h5-8,14H,9-13H2,1-4H3,(H,30,34)(H3,25,26,27,28,29)/t14-,24+/m1/s1. The molecule has 1 saturated carbocycles. The summed E-state index contributed by atoms with van der Waals surface area (Å²) >= 11 is 0. The molecule has 11 heteroatoms. The lowest BCUT2D eigenvalue weighted by molar-refractivity contribution is -0.149. The molecule has 1 spiro atoms. The third kappa shape index (κ3) is 5.33. The van der Waals surface area contributed by atoms with Gasteiger partial charge in [0.05, 0.1) is 0 Å². The lowest BCUT2D eigenvalue weighted by Crippen LogP contribution is -2.54. The summed E-state index contributed by atoms with van der Waals surface area (Å²) in [5, 5.41) is 5.91. The number of para-hydroxylation sites is 1. The third-order valence-corrected chi connectivity index (χ3v) is 6.36. The van der Waals surface area contributed by atoms with Crippen LogP contribution in [0.2, 0.25) is 0 Å². The fraction of sp³-hybridized carbons (Fsp3) is 0.500. The first-order chi connectivity index (χ1) is 16.5. The molecule has 186 valence electrons. The maximum absolute atomic E-state index is 13.2. The predicted molar refractivity (Wildman–Crippen MR) is 128 cm³/mol. The van der Waals surface area contributed by atoms with Crippen molar-refractivity contribution in [3.8, 4) is 0 Å². The number of nitrogens with zero attached hydrogens (tertiary/aromatic N) is 4. The van der Waals surface area contributed by atoms with E-state index in [4.69, 9.17) is 10.5 Å². The van der Waals surface area contributed by atoms with Gasteiger partial charge in [-0.1, -0.05) is 39.0 Å². The second kappa shape index (κ2) is 9.12. The van der Waals surface area contributed by atoms with Crippen molar-refractivity contribution >= 4 is 35.5 Å². The van der Waals surface area contributed by atoms with Crippen LogP contribution >= 0.6 is 0 Å². The van der Waals surface area contributed by atoms with E-state index >= 15 is 0 Å². The Kier molecular flexibility index (Phi) is 6.35. The Morgan fingerprint density at radius 3 is 2.69 bits per heavy atom. The molecule has 1 aliphatic carbocycles. The SMILES string of the molecule is Cc1ccccc1Nc1nc(N)nc(COC(=O)CN2C(=O)N[C@]3(C[C@H](C)CC(C)(C)C3)C2=O)n1. The van der Waals surface area contributed by atoms with Crippen molar-refractivity contribution in [1.82, 2.24) is 25.2 Å². The van der Waals surface area contributed by atoms with E-state index in [0.29, 0.717) is 12.8 Å². The molecule has 2 fully saturated rings. The molecule has 2 aliphatic rings. The van der Waals surface area contributed by atoms with Gasteiger partial charge in [0.1, 0.15) is 12.1 Å². The Labute approximate surface area is 203 Å². The number of hydrogen-bond acceptors (Lipinski definition) is 9. The number of urea groups is 1. The van der Waals surface area contributed by atoms with Crippen molar-refractivity contribution in [1.29, 1.82) is 0 Å². The van der Waals surface area contributed by atoms with Crippen molar-refractivity contribution in [2.24, 2.45) is 11.3 Å². The summed E-state index contributed by atoms with van der Waals surface area (Å²) in [5.41, 5.74) is 6.50. The van der Waals surface area contributed by atoms with Crippen molar-refractivity contribution in [2.45, 2.75) is 59.1 Å². The van der Waals surface area contributed by atoms with Gasteiger partial charge in [-0.3, -0.25) is 14.5 Å². The molecule has 0 bridgehead atoms. The highest BCUT2D eigenvalue weighted by atomic mass is 16.5. The van der Waals surface area contributed by atoms with Crippen LogP contribution in [0.3, 0.4) is 0 Å². The molecule has 1 aromatic carbocycles. The molecule has 2 atom stereocenters. The molecule has 2 aromatic rings. The number of aromatic nitrogens is 3. The number of rotatable bonds is 6. The molecule has 1 aliphatic heterocycles. The van der Waals surface area contributed by atoms with Crippen molar-refractivity contribution in [3.05, 3.63) is 35.7 Å². The van der Waals surface area contributed by atoms with Crippen LogP contribution in [0.5, 0.6) is 0 Å². The minimum Gasteiger partial charge on any atom is -0.456 e. The number of ether oxygens (including phenoxy) is 1. The Bertz CT molecular complexity index is 1170. The Morgan fingerprint density at radius 2 is 1.97 bits per heavy atom. The quantitative estimate of drug-likeness (QED) is 0.417. The van der Waals surface area contributed by atoms with E-state index in [1.54, 1.807) is 0 Å². The molecule has 4 rings (SSSR count). The monoisotopic (exact) mass is 481 g/mol. The number of nitrogens with two attached hydrogens (primary N) is 1. The van der Waals surface area contributed by atoms with E-state index in [-0.39, 0.29) is 41.6 Å². The summed E-state index contributed by atoms with van der Waals surface area (Å²) in [5.74, 6) is -0.547. The van der Waals surface area contributed by atoms with E-state index in [1.165, 1.54) is 0 Å². The largest absolute Gasteiger partial charge is 0.456 e. The maximum Gasteiger partial charge on any atom is 0.326 e. The number of anilines is 3. The van der Waals surface area contributed by atoms with Gasteiger partial charge in [0, 0.05) is 5.69 Å². The topological polar surface area (TPSA) is 152 Å². The molecule has 35 heavy (non-hydrogen) atoms. The normalized spacial score (nSPS) is 23.3. The van der Waals surface area contributed by atoms with E-state index in [1.807, 2.05) is 31.2 Å². The summed E-state index contributed by atoms with van der Waals surface area (Å²) in [6.07, 6.45) is 2.05. The van der Waals surface area contributed by atoms with Gasteiger partial charge >= 0.3 is 12.0 Å². The van der Waals surface area contributed by atoms with Crippen molar-refractivity contribution in [3.63, 3.8) is 0 Å². The number of esters is 1. The Morgan fingerprint density at radius 1 is 1.23 bits per heavy atom.